The minimum atomic E-state index is -0.797. The molecule has 0 saturated heterocycles. The number of hydrogen-bond acceptors (Lipinski definition) is 2. The Morgan fingerprint density at radius 3 is 2.75 bits per heavy atom. The Bertz CT molecular complexity index is 481. The number of rotatable bonds is 3. The van der Waals surface area contributed by atoms with Crippen LogP contribution in [0.5, 0.6) is 0 Å². The van der Waals surface area contributed by atoms with Gasteiger partial charge in [-0.3, -0.25) is 0 Å². The van der Waals surface area contributed by atoms with E-state index in [2.05, 4.69) is 10.6 Å². The molecule has 1 aliphatic carbocycles. The highest BCUT2D eigenvalue weighted by molar-refractivity contribution is 5.89. The molecule has 1 aromatic carbocycles. The van der Waals surface area contributed by atoms with Crippen molar-refractivity contribution in [3.8, 4) is 0 Å². The summed E-state index contributed by atoms with van der Waals surface area (Å²) >= 11 is 0. The Hall–Kier alpha value is -1.69. The van der Waals surface area contributed by atoms with Crippen molar-refractivity contribution in [2.45, 2.75) is 31.7 Å². The summed E-state index contributed by atoms with van der Waals surface area (Å²) in [7, 11) is 0. The van der Waals surface area contributed by atoms with Crippen LogP contribution in [0.25, 0.3) is 0 Å². The molecule has 1 aromatic rings. The fraction of sp³-hybridized carbons (Fsp3) is 0.500. The number of amides is 2. The summed E-state index contributed by atoms with van der Waals surface area (Å²) in [5.41, 5.74) is 5.94. The summed E-state index contributed by atoms with van der Waals surface area (Å²) in [4.78, 5) is 11.7. The molecular formula is C14H19F2N3O. The van der Waals surface area contributed by atoms with Gasteiger partial charge in [-0.1, -0.05) is 12.8 Å². The van der Waals surface area contributed by atoms with Crippen LogP contribution in [0.15, 0.2) is 18.2 Å². The van der Waals surface area contributed by atoms with Gasteiger partial charge in [-0.2, -0.15) is 0 Å². The van der Waals surface area contributed by atoms with Crippen LogP contribution in [0, 0.1) is 17.6 Å². The zero-order valence-electron chi connectivity index (χ0n) is 11.2. The number of urea groups is 1. The lowest BCUT2D eigenvalue weighted by Crippen LogP contribution is -2.42. The van der Waals surface area contributed by atoms with Gasteiger partial charge in [0.05, 0.1) is 5.69 Å². The van der Waals surface area contributed by atoms with Crippen molar-refractivity contribution in [2.75, 3.05) is 11.9 Å². The quantitative estimate of drug-likeness (QED) is 0.798. The average molecular weight is 283 g/mol. The molecule has 1 aliphatic rings. The lowest BCUT2D eigenvalue weighted by molar-refractivity contribution is 0.244. The van der Waals surface area contributed by atoms with Crippen LogP contribution in [0.3, 0.4) is 0 Å². The molecule has 1 saturated carbocycles. The maximum Gasteiger partial charge on any atom is 0.319 e. The highest BCUT2D eigenvalue weighted by Crippen LogP contribution is 2.22. The van der Waals surface area contributed by atoms with Gasteiger partial charge in [-0.25, -0.2) is 13.6 Å². The number of halogens is 2. The molecule has 0 bridgehead atoms. The minimum absolute atomic E-state index is 0.0446. The molecule has 1 fully saturated rings. The molecule has 0 radical (unpaired) electrons. The van der Waals surface area contributed by atoms with E-state index in [4.69, 9.17) is 5.73 Å². The van der Waals surface area contributed by atoms with Crippen LogP contribution in [0.1, 0.15) is 25.7 Å². The summed E-state index contributed by atoms with van der Waals surface area (Å²) in [6.45, 7) is 0.468. The second kappa shape index (κ2) is 6.65. The van der Waals surface area contributed by atoms with Gasteiger partial charge >= 0.3 is 6.03 Å². The Balaban J connectivity index is 1.83. The molecule has 2 amide bonds. The van der Waals surface area contributed by atoms with Crippen molar-refractivity contribution in [2.24, 2.45) is 11.7 Å². The van der Waals surface area contributed by atoms with Crippen molar-refractivity contribution in [1.82, 2.24) is 5.32 Å². The van der Waals surface area contributed by atoms with Gasteiger partial charge in [0.15, 0.2) is 0 Å². The first-order chi connectivity index (χ1) is 9.56. The number of hydrogen-bond donors (Lipinski definition) is 3. The molecule has 0 heterocycles. The zero-order valence-corrected chi connectivity index (χ0v) is 11.2. The van der Waals surface area contributed by atoms with Gasteiger partial charge in [0.2, 0.25) is 0 Å². The maximum atomic E-state index is 13.4. The molecule has 4 N–H and O–H groups in total. The topological polar surface area (TPSA) is 67.1 Å². The van der Waals surface area contributed by atoms with Gasteiger partial charge < -0.3 is 16.4 Å². The van der Waals surface area contributed by atoms with Crippen LogP contribution in [0.4, 0.5) is 19.3 Å². The van der Waals surface area contributed by atoms with E-state index in [1.165, 1.54) is 6.07 Å². The highest BCUT2D eigenvalue weighted by atomic mass is 19.1. The monoisotopic (exact) mass is 283 g/mol. The Morgan fingerprint density at radius 1 is 1.30 bits per heavy atom. The molecule has 4 nitrogen and oxygen atoms in total. The van der Waals surface area contributed by atoms with Crippen LogP contribution in [-0.2, 0) is 0 Å². The molecule has 6 heteroatoms. The normalized spacial score (nSPS) is 22.4. The van der Waals surface area contributed by atoms with Crippen molar-refractivity contribution >= 4 is 11.7 Å². The molecule has 0 spiro atoms. The SMILES string of the molecule is NC1CCCCC1CNC(=O)Nc1ccc(F)cc1F. The predicted molar refractivity (Wildman–Crippen MR) is 73.3 cm³/mol. The van der Waals surface area contributed by atoms with Crippen molar-refractivity contribution in [1.29, 1.82) is 0 Å². The van der Waals surface area contributed by atoms with Crippen LogP contribution >= 0.6 is 0 Å². The van der Waals surface area contributed by atoms with E-state index < -0.39 is 17.7 Å². The lowest BCUT2D eigenvalue weighted by Gasteiger charge is -2.28. The summed E-state index contributed by atoms with van der Waals surface area (Å²) in [5, 5.41) is 5.04. The molecule has 2 rings (SSSR count). The smallest absolute Gasteiger partial charge is 0.319 e. The lowest BCUT2D eigenvalue weighted by atomic mass is 9.85. The van der Waals surface area contributed by atoms with E-state index in [0.29, 0.717) is 6.54 Å². The third kappa shape index (κ3) is 3.90. The Morgan fingerprint density at radius 2 is 2.05 bits per heavy atom. The number of benzene rings is 1. The standard InChI is InChI=1S/C14H19F2N3O/c15-10-5-6-13(11(16)7-10)19-14(20)18-8-9-3-1-2-4-12(9)17/h5-7,9,12H,1-4,8,17H2,(H2,18,19,20). The van der Waals surface area contributed by atoms with Gasteiger partial charge in [-0.05, 0) is 30.9 Å². The summed E-state index contributed by atoms with van der Waals surface area (Å²) in [5.74, 6) is -1.22. The Kier molecular flexibility index (Phi) is 4.89. The van der Waals surface area contributed by atoms with Crippen LogP contribution in [0.2, 0.25) is 0 Å². The van der Waals surface area contributed by atoms with E-state index in [9.17, 15) is 13.6 Å². The van der Waals surface area contributed by atoms with Crippen molar-refractivity contribution in [3.63, 3.8) is 0 Å². The number of nitrogens with two attached hydrogens (primary N) is 1. The highest BCUT2D eigenvalue weighted by Gasteiger charge is 2.22. The fourth-order valence-corrected chi connectivity index (χ4v) is 2.47. The molecule has 2 unspecified atom stereocenters. The van der Waals surface area contributed by atoms with Gasteiger partial charge in [0.1, 0.15) is 11.6 Å². The zero-order chi connectivity index (χ0) is 14.5. The van der Waals surface area contributed by atoms with E-state index >= 15 is 0 Å². The third-order valence-corrected chi connectivity index (χ3v) is 3.67. The molecular weight excluding hydrogens is 264 g/mol. The van der Waals surface area contributed by atoms with E-state index in [0.717, 1.165) is 37.8 Å². The minimum Gasteiger partial charge on any atom is -0.338 e. The van der Waals surface area contributed by atoms with E-state index in [1.807, 2.05) is 0 Å². The first-order valence-electron chi connectivity index (χ1n) is 6.82. The summed E-state index contributed by atoms with van der Waals surface area (Å²) < 4.78 is 26.1. The average Bonchev–Trinajstić information content (AvgIpc) is 2.41. The first-order valence-corrected chi connectivity index (χ1v) is 6.82. The molecule has 110 valence electrons. The predicted octanol–water partition coefficient (Wildman–Crippen LogP) is 2.60. The number of anilines is 1. The largest absolute Gasteiger partial charge is 0.338 e. The molecule has 20 heavy (non-hydrogen) atoms. The van der Waals surface area contributed by atoms with Gasteiger partial charge in [0.25, 0.3) is 0 Å². The number of carbonyl (C=O) groups is 1. The summed E-state index contributed by atoms with van der Waals surface area (Å²) in [6, 6.07) is 2.61. The van der Waals surface area contributed by atoms with Crippen molar-refractivity contribution < 1.29 is 13.6 Å². The Labute approximate surface area is 116 Å². The second-order valence-electron chi connectivity index (χ2n) is 5.17. The van der Waals surface area contributed by atoms with E-state index in [-0.39, 0.29) is 17.6 Å². The fourth-order valence-electron chi connectivity index (χ4n) is 2.47. The molecule has 2 atom stereocenters. The van der Waals surface area contributed by atoms with E-state index in [1.54, 1.807) is 0 Å². The second-order valence-corrected chi connectivity index (χ2v) is 5.17. The first kappa shape index (κ1) is 14.7. The van der Waals surface area contributed by atoms with Gasteiger partial charge in [0, 0.05) is 18.7 Å². The third-order valence-electron chi connectivity index (χ3n) is 3.67. The van der Waals surface area contributed by atoms with Gasteiger partial charge in [-0.15, -0.1) is 0 Å². The molecule has 0 aliphatic heterocycles. The van der Waals surface area contributed by atoms with Crippen LogP contribution < -0.4 is 16.4 Å². The van der Waals surface area contributed by atoms with Crippen molar-refractivity contribution in [3.05, 3.63) is 29.8 Å². The molecule has 0 aromatic heterocycles. The maximum absolute atomic E-state index is 13.4. The number of nitrogens with one attached hydrogen (secondary N) is 2. The summed E-state index contributed by atoms with van der Waals surface area (Å²) in [6.07, 6.45) is 4.21. The van der Waals surface area contributed by atoms with Crippen LogP contribution in [-0.4, -0.2) is 18.6 Å². The number of carbonyl (C=O) groups excluding carboxylic acids is 1.